The van der Waals surface area contributed by atoms with Crippen molar-refractivity contribution in [2.75, 3.05) is 51.9 Å². The topological polar surface area (TPSA) is 58.1 Å². The molecule has 0 aromatic heterocycles. The van der Waals surface area contributed by atoms with Gasteiger partial charge in [0.25, 0.3) is 0 Å². The van der Waals surface area contributed by atoms with Gasteiger partial charge in [0.2, 0.25) is 0 Å². The summed E-state index contributed by atoms with van der Waals surface area (Å²) in [5.74, 6) is 1.80. The Labute approximate surface area is 192 Å². The highest BCUT2D eigenvalue weighted by Crippen LogP contribution is 2.36. The Bertz CT molecular complexity index is 924. The molecule has 2 aliphatic rings. The predicted molar refractivity (Wildman–Crippen MR) is 131 cm³/mol. The molecule has 2 aromatic rings. The van der Waals surface area contributed by atoms with Gasteiger partial charge < -0.3 is 25.0 Å². The van der Waals surface area contributed by atoms with Gasteiger partial charge in [0.1, 0.15) is 5.75 Å². The lowest BCUT2D eigenvalue weighted by atomic mass is 9.72. The largest absolute Gasteiger partial charge is 0.495 e. The fourth-order valence-electron chi connectivity index (χ4n) is 5.10. The van der Waals surface area contributed by atoms with Crippen LogP contribution in [0, 0.1) is 6.92 Å². The minimum absolute atomic E-state index is 0.0698. The van der Waals surface area contributed by atoms with Crippen molar-refractivity contribution in [2.45, 2.75) is 37.6 Å². The second kappa shape index (κ2) is 10.3. The zero-order valence-electron chi connectivity index (χ0n) is 19.6. The molecule has 0 saturated carbocycles. The van der Waals surface area contributed by atoms with Crippen molar-refractivity contribution in [3.63, 3.8) is 0 Å². The monoisotopic (exact) mass is 436 g/mol. The highest BCUT2D eigenvalue weighted by atomic mass is 16.5. The van der Waals surface area contributed by atoms with Crippen LogP contribution in [0.2, 0.25) is 0 Å². The second-order valence-corrected chi connectivity index (χ2v) is 8.88. The van der Waals surface area contributed by atoms with Crippen molar-refractivity contribution in [3.8, 4) is 5.75 Å². The molecule has 4 rings (SSSR count). The number of nitrogens with zero attached hydrogens (tertiary/aromatic N) is 2. The summed E-state index contributed by atoms with van der Waals surface area (Å²) in [6.45, 7) is 6.60. The lowest BCUT2D eigenvalue weighted by Crippen LogP contribution is -2.50. The summed E-state index contributed by atoms with van der Waals surface area (Å²) in [6, 6.07) is 17.3. The molecular weight excluding hydrogens is 400 g/mol. The van der Waals surface area contributed by atoms with Crippen molar-refractivity contribution >= 4 is 11.6 Å². The van der Waals surface area contributed by atoms with E-state index in [0.29, 0.717) is 6.04 Å². The molecule has 0 aliphatic carbocycles. The number of hydrogen-bond acceptors (Lipinski definition) is 4. The molecule has 2 fully saturated rings. The van der Waals surface area contributed by atoms with Gasteiger partial charge in [-0.05, 0) is 49.4 Å². The van der Waals surface area contributed by atoms with Gasteiger partial charge in [0.05, 0.1) is 12.8 Å². The number of guanidine groups is 1. The van der Waals surface area contributed by atoms with E-state index in [9.17, 15) is 0 Å². The molecule has 6 nitrogen and oxygen atoms in total. The Morgan fingerprint density at radius 3 is 2.66 bits per heavy atom. The first-order valence-electron chi connectivity index (χ1n) is 11.6. The summed E-state index contributed by atoms with van der Waals surface area (Å²) in [7, 11) is 3.59. The predicted octanol–water partition coefficient (Wildman–Crippen LogP) is 3.50. The summed E-state index contributed by atoms with van der Waals surface area (Å²) < 4.78 is 11.3. The van der Waals surface area contributed by atoms with E-state index in [1.165, 1.54) is 11.1 Å². The molecule has 1 atom stereocenters. The zero-order valence-corrected chi connectivity index (χ0v) is 19.6. The van der Waals surface area contributed by atoms with Crippen molar-refractivity contribution in [2.24, 2.45) is 4.99 Å². The van der Waals surface area contributed by atoms with Crippen LogP contribution in [0.5, 0.6) is 5.75 Å². The Morgan fingerprint density at radius 1 is 1.16 bits per heavy atom. The quantitative estimate of drug-likeness (QED) is 0.536. The molecule has 1 unspecified atom stereocenters. The minimum atomic E-state index is 0.0698. The van der Waals surface area contributed by atoms with Gasteiger partial charge in [-0.2, -0.15) is 0 Å². The molecule has 2 heterocycles. The highest BCUT2D eigenvalue weighted by Gasteiger charge is 2.36. The molecule has 0 bridgehead atoms. The average molecular weight is 437 g/mol. The van der Waals surface area contributed by atoms with Gasteiger partial charge in [-0.1, -0.05) is 36.4 Å². The van der Waals surface area contributed by atoms with Crippen LogP contribution in [0.25, 0.3) is 0 Å². The van der Waals surface area contributed by atoms with E-state index >= 15 is 0 Å². The van der Waals surface area contributed by atoms with Crippen LogP contribution in [-0.4, -0.2) is 59.0 Å². The van der Waals surface area contributed by atoms with E-state index in [1.807, 2.05) is 19.2 Å². The lowest BCUT2D eigenvalue weighted by Gasteiger charge is -2.39. The van der Waals surface area contributed by atoms with E-state index in [-0.39, 0.29) is 5.41 Å². The lowest BCUT2D eigenvalue weighted by molar-refractivity contribution is 0.0511. The molecule has 0 amide bonds. The molecule has 32 heavy (non-hydrogen) atoms. The molecule has 172 valence electrons. The Kier molecular flexibility index (Phi) is 7.20. The van der Waals surface area contributed by atoms with Crippen LogP contribution in [0.15, 0.2) is 53.5 Å². The summed E-state index contributed by atoms with van der Waals surface area (Å²) in [4.78, 5) is 6.92. The second-order valence-electron chi connectivity index (χ2n) is 8.88. The van der Waals surface area contributed by atoms with Gasteiger partial charge >= 0.3 is 0 Å². The average Bonchev–Trinajstić information content (AvgIpc) is 3.31. The maximum atomic E-state index is 5.71. The Hall–Kier alpha value is -2.73. The normalized spacial score (nSPS) is 20.8. The number of anilines is 1. The van der Waals surface area contributed by atoms with Gasteiger partial charge in [0.15, 0.2) is 5.96 Å². The van der Waals surface area contributed by atoms with Crippen LogP contribution in [0.3, 0.4) is 0 Å². The molecule has 2 aromatic carbocycles. The number of benzene rings is 2. The van der Waals surface area contributed by atoms with Gasteiger partial charge in [-0.3, -0.25) is 4.99 Å². The molecule has 0 spiro atoms. The third-order valence-electron chi connectivity index (χ3n) is 6.94. The van der Waals surface area contributed by atoms with E-state index in [4.69, 9.17) is 9.47 Å². The summed E-state index contributed by atoms with van der Waals surface area (Å²) in [6.07, 6.45) is 3.11. The van der Waals surface area contributed by atoms with Crippen molar-refractivity contribution in [1.29, 1.82) is 0 Å². The number of aliphatic imine (C=N–C) groups is 1. The fraction of sp³-hybridized carbons (Fsp3) is 0.500. The van der Waals surface area contributed by atoms with E-state index in [0.717, 1.165) is 69.5 Å². The van der Waals surface area contributed by atoms with E-state index in [2.05, 4.69) is 63.8 Å². The van der Waals surface area contributed by atoms with Gasteiger partial charge in [0, 0.05) is 51.4 Å². The van der Waals surface area contributed by atoms with Crippen molar-refractivity contribution in [3.05, 3.63) is 59.7 Å². The summed E-state index contributed by atoms with van der Waals surface area (Å²) in [5, 5.41) is 7.30. The van der Waals surface area contributed by atoms with Crippen LogP contribution < -0.4 is 20.3 Å². The van der Waals surface area contributed by atoms with E-state index in [1.54, 1.807) is 7.11 Å². The number of ether oxygens (including phenoxy) is 2. The fourth-order valence-corrected chi connectivity index (χ4v) is 5.10. The number of methoxy groups -OCH3 is 1. The molecule has 6 heteroatoms. The number of aryl methyl sites for hydroxylation is 1. The smallest absolute Gasteiger partial charge is 0.191 e. The van der Waals surface area contributed by atoms with Gasteiger partial charge in [-0.15, -0.1) is 0 Å². The molecule has 0 radical (unpaired) electrons. The Morgan fingerprint density at radius 2 is 1.91 bits per heavy atom. The SMILES string of the molecule is CN=C(NCC1(c2ccccc2C)CCOCC1)NC1CCN(c2ccccc2OC)C1. The Balaban J connectivity index is 1.40. The zero-order chi connectivity index (χ0) is 22.4. The number of nitrogens with one attached hydrogen (secondary N) is 2. The highest BCUT2D eigenvalue weighted by molar-refractivity contribution is 5.80. The first-order valence-corrected chi connectivity index (χ1v) is 11.6. The molecule has 2 saturated heterocycles. The van der Waals surface area contributed by atoms with E-state index < -0.39 is 0 Å². The molecule has 2 aliphatic heterocycles. The standard InChI is InChI=1S/C26H36N4O2/c1-20-8-4-5-9-22(20)26(13-16-32-17-14-26)19-28-25(27-2)29-21-12-15-30(18-21)23-10-6-7-11-24(23)31-3/h4-11,21H,12-19H2,1-3H3,(H2,27,28,29). The summed E-state index contributed by atoms with van der Waals surface area (Å²) >= 11 is 0. The third kappa shape index (κ3) is 4.85. The first kappa shape index (κ1) is 22.5. The van der Waals surface area contributed by atoms with Crippen LogP contribution in [-0.2, 0) is 10.2 Å². The van der Waals surface area contributed by atoms with Crippen molar-refractivity contribution < 1.29 is 9.47 Å². The number of para-hydroxylation sites is 2. The first-order chi connectivity index (χ1) is 15.6. The third-order valence-corrected chi connectivity index (χ3v) is 6.94. The van der Waals surface area contributed by atoms with Crippen LogP contribution in [0.4, 0.5) is 5.69 Å². The molecular formula is C26H36N4O2. The van der Waals surface area contributed by atoms with Crippen molar-refractivity contribution in [1.82, 2.24) is 10.6 Å². The summed E-state index contributed by atoms with van der Waals surface area (Å²) in [5.41, 5.74) is 4.00. The maximum Gasteiger partial charge on any atom is 0.191 e. The van der Waals surface area contributed by atoms with Gasteiger partial charge in [-0.25, -0.2) is 0 Å². The maximum absolute atomic E-state index is 5.71. The number of hydrogen-bond donors (Lipinski definition) is 2. The number of rotatable bonds is 6. The minimum Gasteiger partial charge on any atom is -0.495 e. The molecule has 2 N–H and O–H groups in total. The van der Waals surface area contributed by atoms with Crippen LogP contribution in [0.1, 0.15) is 30.4 Å². The van der Waals surface area contributed by atoms with Crippen LogP contribution >= 0.6 is 0 Å².